The highest BCUT2D eigenvalue weighted by molar-refractivity contribution is 6.03. The Balaban J connectivity index is 2.19. The van der Waals surface area contributed by atoms with E-state index in [0.717, 1.165) is 23.2 Å². The minimum Gasteiger partial charge on any atom is -0.325 e. The van der Waals surface area contributed by atoms with Gasteiger partial charge in [-0.2, -0.15) is 0 Å². The smallest absolute Gasteiger partial charge is 0.244 e. The van der Waals surface area contributed by atoms with Gasteiger partial charge in [0.25, 0.3) is 0 Å². The number of carbonyl (C=O) groups is 3. The summed E-state index contributed by atoms with van der Waals surface area (Å²) >= 11 is 0. The Labute approximate surface area is 154 Å². The van der Waals surface area contributed by atoms with Crippen LogP contribution in [0, 0.1) is 6.92 Å². The summed E-state index contributed by atoms with van der Waals surface area (Å²) in [6.45, 7) is 6.84. The number of rotatable bonds is 6. The fourth-order valence-electron chi connectivity index (χ4n) is 2.87. The molecule has 0 aliphatic carbocycles. The highest BCUT2D eigenvalue weighted by Gasteiger charge is 2.20. The van der Waals surface area contributed by atoms with Crippen molar-refractivity contribution in [1.29, 1.82) is 0 Å². The van der Waals surface area contributed by atoms with Gasteiger partial charge in [0.15, 0.2) is 5.78 Å². The molecule has 2 amide bonds. The second kappa shape index (κ2) is 8.43. The van der Waals surface area contributed by atoms with Gasteiger partial charge in [-0.15, -0.1) is 0 Å². The molecular weight excluding hydrogens is 328 g/mol. The van der Waals surface area contributed by atoms with Crippen molar-refractivity contribution in [3.63, 3.8) is 0 Å². The summed E-state index contributed by atoms with van der Waals surface area (Å²) in [7, 11) is 0. The molecule has 5 nitrogen and oxygen atoms in total. The fraction of sp³-hybridized carbons (Fsp3) is 0.286. The molecule has 0 radical (unpaired) electrons. The number of para-hydroxylation sites is 1. The third-order valence-electron chi connectivity index (χ3n) is 4.23. The number of amides is 2. The van der Waals surface area contributed by atoms with Crippen LogP contribution in [-0.4, -0.2) is 24.1 Å². The molecule has 1 N–H and O–H groups in total. The first kappa shape index (κ1) is 19.4. The number of carbonyl (C=O) groups excluding carboxylic acids is 3. The molecule has 136 valence electrons. The number of hydrogen-bond donors (Lipinski definition) is 1. The Morgan fingerprint density at radius 2 is 1.65 bits per heavy atom. The Kier molecular flexibility index (Phi) is 6.28. The average molecular weight is 352 g/mol. The molecule has 0 aromatic heterocycles. The van der Waals surface area contributed by atoms with E-state index >= 15 is 0 Å². The molecule has 5 heteroatoms. The lowest BCUT2D eigenvalue weighted by atomic mass is 10.0. The molecule has 0 atom stereocenters. The molecule has 0 unspecified atom stereocenters. The predicted octanol–water partition coefficient (Wildman–Crippen LogP) is 3.75. The van der Waals surface area contributed by atoms with Gasteiger partial charge in [0.2, 0.25) is 11.8 Å². The van der Waals surface area contributed by atoms with E-state index in [1.165, 1.54) is 18.7 Å². The average Bonchev–Trinajstić information content (AvgIpc) is 2.60. The third kappa shape index (κ3) is 4.57. The minimum atomic E-state index is -0.291. The van der Waals surface area contributed by atoms with Gasteiger partial charge in [-0.25, -0.2) is 0 Å². The summed E-state index contributed by atoms with van der Waals surface area (Å²) in [5.41, 5.74) is 3.95. The number of benzene rings is 2. The molecule has 0 aliphatic rings. The first-order chi connectivity index (χ1) is 12.3. The zero-order valence-electron chi connectivity index (χ0n) is 15.6. The van der Waals surface area contributed by atoms with E-state index in [4.69, 9.17) is 0 Å². The Morgan fingerprint density at radius 3 is 2.19 bits per heavy atom. The quantitative estimate of drug-likeness (QED) is 0.805. The lowest BCUT2D eigenvalue weighted by Crippen LogP contribution is -2.37. The van der Waals surface area contributed by atoms with Gasteiger partial charge in [0, 0.05) is 18.2 Å². The molecule has 2 aromatic rings. The highest BCUT2D eigenvalue weighted by atomic mass is 16.2. The number of aryl methyl sites for hydroxylation is 2. The first-order valence-electron chi connectivity index (χ1n) is 8.61. The second-order valence-corrected chi connectivity index (χ2v) is 6.22. The van der Waals surface area contributed by atoms with Gasteiger partial charge < -0.3 is 10.2 Å². The van der Waals surface area contributed by atoms with Gasteiger partial charge in [-0.05, 0) is 55.7 Å². The van der Waals surface area contributed by atoms with Crippen molar-refractivity contribution in [3.05, 3.63) is 59.2 Å². The van der Waals surface area contributed by atoms with E-state index in [1.54, 1.807) is 24.3 Å². The van der Waals surface area contributed by atoms with Crippen LogP contribution in [0.25, 0.3) is 0 Å². The number of hydrogen-bond acceptors (Lipinski definition) is 3. The summed E-state index contributed by atoms with van der Waals surface area (Å²) in [6, 6.07) is 12.5. The lowest BCUT2D eigenvalue weighted by Gasteiger charge is -2.25. The predicted molar refractivity (Wildman–Crippen MR) is 104 cm³/mol. The molecular formula is C21H24N2O3. The van der Waals surface area contributed by atoms with Crippen LogP contribution < -0.4 is 10.2 Å². The zero-order valence-corrected chi connectivity index (χ0v) is 15.6. The largest absolute Gasteiger partial charge is 0.325 e. The van der Waals surface area contributed by atoms with Crippen LogP contribution in [0.3, 0.4) is 0 Å². The van der Waals surface area contributed by atoms with Crippen molar-refractivity contribution in [1.82, 2.24) is 0 Å². The van der Waals surface area contributed by atoms with E-state index in [9.17, 15) is 14.4 Å². The molecule has 2 aromatic carbocycles. The van der Waals surface area contributed by atoms with Crippen LogP contribution >= 0.6 is 0 Å². The van der Waals surface area contributed by atoms with Crippen LogP contribution in [-0.2, 0) is 16.0 Å². The summed E-state index contributed by atoms with van der Waals surface area (Å²) in [4.78, 5) is 37.5. The van der Waals surface area contributed by atoms with Crippen LogP contribution in [0.1, 0.15) is 42.3 Å². The Hall–Kier alpha value is -2.95. The molecule has 0 aliphatic heterocycles. The number of nitrogens with one attached hydrogen (secondary N) is 1. The standard InChI is InChI=1S/C21H24N2O3/c1-5-17-8-6-7-14(2)21(17)23(16(4)25)13-20(26)22-19-11-9-18(10-12-19)15(3)24/h6-12H,5,13H2,1-4H3,(H,22,26). The zero-order chi connectivity index (χ0) is 19.3. The number of anilines is 2. The van der Waals surface area contributed by atoms with E-state index < -0.39 is 0 Å². The summed E-state index contributed by atoms with van der Waals surface area (Å²) in [5, 5.41) is 2.78. The monoisotopic (exact) mass is 352 g/mol. The van der Waals surface area contributed by atoms with Crippen molar-refractivity contribution in [2.45, 2.75) is 34.1 Å². The molecule has 2 rings (SSSR count). The van der Waals surface area contributed by atoms with Crippen molar-refractivity contribution in [2.24, 2.45) is 0 Å². The van der Waals surface area contributed by atoms with E-state index in [-0.39, 0.29) is 24.1 Å². The molecule has 0 bridgehead atoms. The summed E-state index contributed by atoms with van der Waals surface area (Å²) in [6.07, 6.45) is 0.773. The van der Waals surface area contributed by atoms with Gasteiger partial charge in [0.05, 0.1) is 5.69 Å². The topological polar surface area (TPSA) is 66.5 Å². The summed E-state index contributed by atoms with van der Waals surface area (Å²) < 4.78 is 0. The van der Waals surface area contributed by atoms with Crippen molar-refractivity contribution in [3.8, 4) is 0 Å². The maximum atomic E-state index is 12.5. The maximum absolute atomic E-state index is 12.5. The first-order valence-corrected chi connectivity index (χ1v) is 8.61. The molecule has 26 heavy (non-hydrogen) atoms. The fourth-order valence-corrected chi connectivity index (χ4v) is 2.87. The van der Waals surface area contributed by atoms with Crippen molar-refractivity contribution >= 4 is 29.0 Å². The molecule has 0 saturated carbocycles. The Bertz CT molecular complexity index is 826. The minimum absolute atomic E-state index is 0.0303. The van der Waals surface area contributed by atoms with Gasteiger partial charge in [-0.1, -0.05) is 25.1 Å². The van der Waals surface area contributed by atoms with Crippen LogP contribution in [0.2, 0.25) is 0 Å². The summed E-state index contributed by atoms with van der Waals surface area (Å²) in [5.74, 6) is -0.505. The van der Waals surface area contributed by atoms with E-state index in [1.807, 2.05) is 32.0 Å². The normalized spacial score (nSPS) is 10.3. The number of nitrogens with zero attached hydrogens (tertiary/aromatic N) is 1. The second-order valence-electron chi connectivity index (χ2n) is 6.22. The molecule has 0 heterocycles. The van der Waals surface area contributed by atoms with Crippen LogP contribution in [0.4, 0.5) is 11.4 Å². The van der Waals surface area contributed by atoms with Gasteiger partial charge in [0.1, 0.15) is 6.54 Å². The lowest BCUT2D eigenvalue weighted by molar-refractivity contribution is -0.120. The van der Waals surface area contributed by atoms with E-state index in [0.29, 0.717) is 11.3 Å². The van der Waals surface area contributed by atoms with Crippen LogP contribution in [0.15, 0.2) is 42.5 Å². The van der Waals surface area contributed by atoms with E-state index in [2.05, 4.69) is 5.32 Å². The third-order valence-corrected chi connectivity index (χ3v) is 4.23. The van der Waals surface area contributed by atoms with Crippen molar-refractivity contribution < 1.29 is 14.4 Å². The van der Waals surface area contributed by atoms with Gasteiger partial charge in [-0.3, -0.25) is 14.4 Å². The molecule has 0 saturated heterocycles. The molecule has 0 spiro atoms. The van der Waals surface area contributed by atoms with Crippen LogP contribution in [0.5, 0.6) is 0 Å². The molecule has 0 fully saturated rings. The number of Topliss-reactive ketones (excluding diaryl/α,β-unsaturated/α-hetero) is 1. The van der Waals surface area contributed by atoms with Crippen molar-refractivity contribution in [2.75, 3.05) is 16.8 Å². The highest BCUT2D eigenvalue weighted by Crippen LogP contribution is 2.26. The maximum Gasteiger partial charge on any atom is 0.244 e. The van der Waals surface area contributed by atoms with Gasteiger partial charge >= 0.3 is 0 Å². The number of ketones is 1. The Morgan fingerprint density at radius 1 is 1.00 bits per heavy atom. The SMILES string of the molecule is CCc1cccc(C)c1N(CC(=O)Nc1ccc(C(C)=O)cc1)C(C)=O.